The summed E-state index contributed by atoms with van der Waals surface area (Å²) in [4.78, 5) is 28.0. The van der Waals surface area contributed by atoms with E-state index in [4.69, 9.17) is 4.74 Å². The second-order valence-corrected chi connectivity index (χ2v) is 8.32. The molecule has 0 saturated carbocycles. The highest BCUT2D eigenvalue weighted by molar-refractivity contribution is 7.12. The summed E-state index contributed by atoms with van der Waals surface area (Å²) in [6.07, 6.45) is 2.32. The maximum absolute atomic E-state index is 12.9. The minimum absolute atomic E-state index is 0.0484. The smallest absolute Gasteiger partial charge is 0.313 e. The molecular formula is C21H23NO3S. The van der Waals surface area contributed by atoms with Gasteiger partial charge in [0.05, 0.1) is 10.8 Å². The van der Waals surface area contributed by atoms with Crippen LogP contribution in [0.15, 0.2) is 47.9 Å². The summed E-state index contributed by atoms with van der Waals surface area (Å²) in [6, 6.07) is 11.6. The van der Waals surface area contributed by atoms with Gasteiger partial charge in [0.1, 0.15) is 5.60 Å². The molecule has 2 heterocycles. The highest BCUT2D eigenvalue weighted by atomic mass is 32.1. The Balaban J connectivity index is 2.08. The molecule has 3 rings (SSSR count). The number of hydrogen-bond donors (Lipinski definition) is 0. The molecule has 0 N–H and O–H groups in total. The lowest BCUT2D eigenvalue weighted by Crippen LogP contribution is -2.33. The fraction of sp³-hybridized carbons (Fsp3) is 0.333. The van der Waals surface area contributed by atoms with E-state index in [1.54, 1.807) is 11.9 Å². The molecule has 136 valence electrons. The van der Waals surface area contributed by atoms with Crippen LogP contribution in [0.4, 0.5) is 0 Å². The first kappa shape index (κ1) is 18.4. The normalized spacial score (nSPS) is 19.8. The Kier molecular flexibility index (Phi) is 5.01. The minimum Gasteiger partial charge on any atom is -0.460 e. The van der Waals surface area contributed by atoms with Gasteiger partial charge >= 0.3 is 5.97 Å². The molecule has 0 radical (unpaired) electrons. The molecule has 0 spiro atoms. The van der Waals surface area contributed by atoms with Crippen LogP contribution < -0.4 is 0 Å². The average molecular weight is 369 g/mol. The second kappa shape index (κ2) is 7.08. The Morgan fingerprint density at radius 1 is 1.19 bits per heavy atom. The highest BCUT2D eigenvalue weighted by Crippen LogP contribution is 2.31. The number of fused-ring (bicyclic) bond motifs is 1. The molecular weight excluding hydrogens is 346 g/mol. The van der Waals surface area contributed by atoms with Crippen LogP contribution in [0.25, 0.3) is 5.70 Å². The number of hydrogen-bond acceptors (Lipinski definition) is 4. The van der Waals surface area contributed by atoms with Crippen LogP contribution >= 0.6 is 11.3 Å². The van der Waals surface area contributed by atoms with Crippen molar-refractivity contribution in [1.82, 2.24) is 4.90 Å². The SMILES string of the molecule is CN1C(=O)c2sccc2CC(C(=O)OC(C)(C)C)/C=C\1c1ccccc1. The van der Waals surface area contributed by atoms with Gasteiger partial charge in [-0.05, 0) is 55.8 Å². The van der Waals surface area contributed by atoms with E-state index in [0.717, 1.165) is 16.8 Å². The Labute approximate surface area is 158 Å². The maximum atomic E-state index is 12.9. The molecule has 1 aliphatic rings. The summed E-state index contributed by atoms with van der Waals surface area (Å²) in [5.41, 5.74) is 1.97. The van der Waals surface area contributed by atoms with E-state index in [9.17, 15) is 9.59 Å². The van der Waals surface area contributed by atoms with Crippen LogP contribution in [0.1, 0.15) is 41.6 Å². The summed E-state index contributed by atoms with van der Waals surface area (Å²) in [5.74, 6) is -0.771. The number of nitrogens with zero attached hydrogens (tertiary/aromatic N) is 1. The molecule has 0 bridgehead atoms. The highest BCUT2D eigenvalue weighted by Gasteiger charge is 2.31. The van der Waals surface area contributed by atoms with Gasteiger partial charge in [0.15, 0.2) is 0 Å². The van der Waals surface area contributed by atoms with Crippen molar-refractivity contribution in [3.8, 4) is 0 Å². The summed E-state index contributed by atoms with van der Waals surface area (Å²) >= 11 is 1.41. The monoisotopic (exact) mass is 369 g/mol. The number of rotatable bonds is 2. The van der Waals surface area contributed by atoms with Crippen molar-refractivity contribution in [2.45, 2.75) is 32.8 Å². The third-order valence-electron chi connectivity index (χ3n) is 4.18. The van der Waals surface area contributed by atoms with Gasteiger partial charge in [-0.2, -0.15) is 0 Å². The van der Waals surface area contributed by atoms with Gasteiger partial charge in [0.2, 0.25) is 0 Å². The summed E-state index contributed by atoms with van der Waals surface area (Å²) in [5, 5.41) is 1.90. The number of carbonyl (C=O) groups is 2. The quantitative estimate of drug-likeness (QED) is 0.738. The first-order chi connectivity index (χ1) is 12.3. The fourth-order valence-electron chi connectivity index (χ4n) is 2.97. The van der Waals surface area contributed by atoms with Gasteiger partial charge < -0.3 is 9.64 Å². The molecule has 2 aromatic rings. The number of ether oxygens (including phenoxy) is 1. The predicted octanol–water partition coefficient (Wildman–Crippen LogP) is 4.38. The minimum atomic E-state index is -0.556. The Hall–Kier alpha value is -2.40. The molecule has 1 aromatic heterocycles. The van der Waals surface area contributed by atoms with Crippen molar-refractivity contribution < 1.29 is 14.3 Å². The largest absolute Gasteiger partial charge is 0.460 e. The average Bonchev–Trinajstić information content (AvgIpc) is 3.03. The third kappa shape index (κ3) is 3.88. The van der Waals surface area contributed by atoms with Crippen LogP contribution in [0.3, 0.4) is 0 Å². The standard InChI is InChI=1S/C21H23NO3S/c1-21(2,3)25-20(24)16-12-15-10-11-26-18(15)19(23)22(4)17(13-16)14-8-6-5-7-9-14/h5-11,13,16H,12H2,1-4H3/b17-13-. The molecule has 1 atom stereocenters. The van der Waals surface area contributed by atoms with E-state index >= 15 is 0 Å². The molecule has 1 aromatic carbocycles. The lowest BCUT2D eigenvalue weighted by atomic mass is 9.94. The first-order valence-corrected chi connectivity index (χ1v) is 9.49. The molecule has 1 aliphatic heterocycles. The molecule has 5 heteroatoms. The van der Waals surface area contributed by atoms with Crippen molar-refractivity contribution in [2.24, 2.45) is 5.92 Å². The molecule has 0 fully saturated rings. The maximum Gasteiger partial charge on any atom is 0.313 e. The predicted molar refractivity (Wildman–Crippen MR) is 104 cm³/mol. The topological polar surface area (TPSA) is 46.6 Å². The van der Waals surface area contributed by atoms with Crippen LogP contribution in [0.2, 0.25) is 0 Å². The first-order valence-electron chi connectivity index (χ1n) is 8.61. The Morgan fingerprint density at radius 3 is 2.54 bits per heavy atom. The lowest BCUT2D eigenvalue weighted by Gasteiger charge is -2.28. The van der Waals surface area contributed by atoms with Gasteiger partial charge in [-0.3, -0.25) is 9.59 Å². The molecule has 4 nitrogen and oxygen atoms in total. The number of amides is 1. The van der Waals surface area contributed by atoms with Gasteiger partial charge in [0, 0.05) is 12.7 Å². The zero-order valence-corrected chi connectivity index (χ0v) is 16.3. The number of thiophene rings is 1. The fourth-order valence-corrected chi connectivity index (χ4v) is 3.88. The number of carbonyl (C=O) groups excluding carboxylic acids is 2. The Bertz CT molecular complexity index is 846. The van der Waals surface area contributed by atoms with Crippen molar-refractivity contribution in [3.63, 3.8) is 0 Å². The van der Waals surface area contributed by atoms with Crippen molar-refractivity contribution >= 4 is 28.9 Å². The van der Waals surface area contributed by atoms with Gasteiger partial charge in [-0.25, -0.2) is 0 Å². The summed E-state index contributed by atoms with van der Waals surface area (Å²) < 4.78 is 5.63. The molecule has 1 amide bonds. The molecule has 0 aliphatic carbocycles. The van der Waals surface area contributed by atoms with Crippen molar-refractivity contribution in [3.05, 3.63) is 63.9 Å². The zero-order valence-electron chi connectivity index (χ0n) is 15.5. The van der Waals surface area contributed by atoms with E-state index in [-0.39, 0.29) is 11.9 Å². The second-order valence-electron chi connectivity index (χ2n) is 7.40. The van der Waals surface area contributed by atoms with E-state index < -0.39 is 11.5 Å². The molecule has 1 unspecified atom stereocenters. The van der Waals surface area contributed by atoms with E-state index in [1.165, 1.54) is 11.3 Å². The van der Waals surface area contributed by atoms with Crippen LogP contribution in [0.5, 0.6) is 0 Å². The van der Waals surface area contributed by atoms with Crippen LogP contribution in [-0.4, -0.2) is 29.4 Å². The molecule has 26 heavy (non-hydrogen) atoms. The van der Waals surface area contributed by atoms with Gasteiger partial charge in [-0.1, -0.05) is 30.3 Å². The summed E-state index contributed by atoms with van der Waals surface area (Å²) in [7, 11) is 1.75. The van der Waals surface area contributed by atoms with Crippen molar-refractivity contribution in [1.29, 1.82) is 0 Å². The molecule has 0 saturated heterocycles. The summed E-state index contributed by atoms with van der Waals surface area (Å²) in [6.45, 7) is 5.59. The lowest BCUT2D eigenvalue weighted by molar-refractivity contribution is -0.158. The number of benzene rings is 1. The van der Waals surface area contributed by atoms with Crippen molar-refractivity contribution in [2.75, 3.05) is 7.05 Å². The van der Waals surface area contributed by atoms with E-state index in [2.05, 4.69) is 0 Å². The van der Waals surface area contributed by atoms with Crippen LogP contribution in [-0.2, 0) is 16.0 Å². The van der Waals surface area contributed by atoms with E-state index in [0.29, 0.717) is 11.3 Å². The third-order valence-corrected chi connectivity index (χ3v) is 5.13. The van der Waals surface area contributed by atoms with Gasteiger partial charge in [0.25, 0.3) is 5.91 Å². The number of esters is 1. The van der Waals surface area contributed by atoms with Crippen LogP contribution in [0, 0.1) is 5.92 Å². The van der Waals surface area contributed by atoms with Gasteiger partial charge in [-0.15, -0.1) is 11.3 Å². The Morgan fingerprint density at radius 2 is 1.88 bits per heavy atom. The van der Waals surface area contributed by atoms with E-state index in [1.807, 2.05) is 68.6 Å². The zero-order chi connectivity index (χ0) is 18.9.